The van der Waals surface area contributed by atoms with Crippen molar-refractivity contribution in [3.05, 3.63) is 59.1 Å². The van der Waals surface area contributed by atoms with Crippen LogP contribution in [0.5, 0.6) is 5.75 Å². The third-order valence-electron chi connectivity index (χ3n) is 3.33. The maximum absolute atomic E-state index is 12.2. The largest absolute Gasteiger partial charge is 0.484 e. The summed E-state index contributed by atoms with van der Waals surface area (Å²) < 4.78 is 15.9. The molecule has 0 radical (unpaired) electrons. The van der Waals surface area contributed by atoms with Gasteiger partial charge in [-0.1, -0.05) is 5.16 Å². The Kier molecular flexibility index (Phi) is 4.33. The molecule has 0 aliphatic heterocycles. The molecule has 7 heteroatoms. The van der Waals surface area contributed by atoms with Gasteiger partial charge in [-0.15, -0.1) is 0 Å². The number of anilines is 1. The molecule has 0 bridgehead atoms. The van der Waals surface area contributed by atoms with Gasteiger partial charge >= 0.3 is 0 Å². The Morgan fingerprint density at radius 1 is 1.21 bits per heavy atom. The molecule has 3 rings (SSSR count). The minimum Gasteiger partial charge on any atom is -0.484 e. The smallest absolute Gasteiger partial charge is 0.264 e. The topological polar surface area (TPSA) is 90.4 Å². The molecule has 0 aliphatic rings. The van der Waals surface area contributed by atoms with Gasteiger partial charge in [0.2, 0.25) is 0 Å². The van der Waals surface area contributed by atoms with Crippen molar-refractivity contribution in [2.45, 2.75) is 27.4 Å². The summed E-state index contributed by atoms with van der Waals surface area (Å²) in [6.45, 7) is 5.51. The normalized spacial score (nSPS) is 10.6. The van der Waals surface area contributed by atoms with Crippen molar-refractivity contribution in [2.75, 3.05) is 5.32 Å². The second kappa shape index (κ2) is 6.57. The molecule has 1 amide bonds. The summed E-state index contributed by atoms with van der Waals surface area (Å²) in [5, 5.41) is 6.51. The van der Waals surface area contributed by atoms with E-state index in [1.54, 1.807) is 51.1 Å². The molecular weight excluding hydrogens is 310 g/mol. The first-order valence-corrected chi connectivity index (χ1v) is 7.41. The number of hydrogen-bond acceptors (Lipinski definition) is 6. The highest BCUT2D eigenvalue weighted by atomic mass is 16.5. The molecule has 0 saturated heterocycles. The molecule has 3 aromatic rings. The number of aryl methyl sites for hydroxylation is 3. The lowest BCUT2D eigenvalue weighted by Gasteiger charge is -2.06. The van der Waals surface area contributed by atoms with E-state index in [4.69, 9.17) is 13.7 Å². The lowest BCUT2D eigenvalue weighted by molar-refractivity contribution is 0.102. The van der Waals surface area contributed by atoms with Gasteiger partial charge in [0, 0.05) is 5.69 Å². The van der Waals surface area contributed by atoms with E-state index >= 15 is 0 Å². The molecule has 0 unspecified atom stereocenters. The summed E-state index contributed by atoms with van der Waals surface area (Å²) in [6.07, 6.45) is 0. The first-order valence-electron chi connectivity index (χ1n) is 7.41. The van der Waals surface area contributed by atoms with E-state index < -0.39 is 0 Å². The second-order valence-corrected chi connectivity index (χ2v) is 5.33. The summed E-state index contributed by atoms with van der Waals surface area (Å²) in [6, 6.07) is 8.75. The van der Waals surface area contributed by atoms with Gasteiger partial charge in [-0.05, 0) is 51.1 Å². The standard InChI is InChI=1S/C17H17N3O4/c1-10-8-15(11(2)23-10)17(21)19-13-4-6-14(7-5-13)22-9-16-18-12(3)20-24-16/h4-8H,9H2,1-3H3,(H,19,21). The summed E-state index contributed by atoms with van der Waals surface area (Å²) in [5.74, 6) is 2.71. The van der Waals surface area contributed by atoms with Gasteiger partial charge in [-0.3, -0.25) is 4.79 Å². The van der Waals surface area contributed by atoms with Crippen molar-refractivity contribution in [3.63, 3.8) is 0 Å². The van der Waals surface area contributed by atoms with Crippen molar-refractivity contribution in [2.24, 2.45) is 0 Å². The van der Waals surface area contributed by atoms with Crippen LogP contribution in [0.4, 0.5) is 5.69 Å². The number of carbonyl (C=O) groups excluding carboxylic acids is 1. The van der Waals surface area contributed by atoms with Crippen LogP contribution in [0.2, 0.25) is 0 Å². The molecule has 124 valence electrons. The predicted octanol–water partition coefficient (Wildman–Crippen LogP) is 3.42. The second-order valence-electron chi connectivity index (χ2n) is 5.33. The number of nitrogens with one attached hydrogen (secondary N) is 1. The molecule has 0 spiro atoms. The van der Waals surface area contributed by atoms with Crippen LogP contribution in [-0.4, -0.2) is 16.0 Å². The van der Waals surface area contributed by atoms with Gasteiger partial charge < -0.3 is 19.0 Å². The Balaban J connectivity index is 1.60. The average molecular weight is 327 g/mol. The van der Waals surface area contributed by atoms with Crippen LogP contribution in [0.3, 0.4) is 0 Å². The van der Waals surface area contributed by atoms with Crippen LogP contribution in [0.25, 0.3) is 0 Å². The Morgan fingerprint density at radius 2 is 1.96 bits per heavy atom. The van der Waals surface area contributed by atoms with Crippen LogP contribution >= 0.6 is 0 Å². The molecule has 0 saturated carbocycles. The summed E-state index contributed by atoms with van der Waals surface area (Å²) in [4.78, 5) is 16.3. The lowest BCUT2D eigenvalue weighted by atomic mass is 10.2. The quantitative estimate of drug-likeness (QED) is 0.772. The summed E-state index contributed by atoms with van der Waals surface area (Å²) >= 11 is 0. The number of carbonyl (C=O) groups is 1. The zero-order valence-electron chi connectivity index (χ0n) is 13.6. The van der Waals surface area contributed by atoms with Crippen LogP contribution in [0, 0.1) is 20.8 Å². The lowest BCUT2D eigenvalue weighted by Crippen LogP contribution is -2.12. The Bertz CT molecular complexity index is 849. The fraction of sp³-hybridized carbons (Fsp3) is 0.235. The van der Waals surface area contributed by atoms with Gasteiger partial charge in [-0.25, -0.2) is 0 Å². The monoisotopic (exact) mass is 327 g/mol. The molecule has 2 aromatic heterocycles. The third kappa shape index (κ3) is 3.62. The van der Waals surface area contributed by atoms with E-state index in [1.807, 2.05) is 0 Å². The van der Waals surface area contributed by atoms with Gasteiger partial charge in [0.25, 0.3) is 11.8 Å². The van der Waals surface area contributed by atoms with Crippen molar-refractivity contribution in [1.82, 2.24) is 10.1 Å². The highest BCUT2D eigenvalue weighted by Gasteiger charge is 2.13. The van der Waals surface area contributed by atoms with Gasteiger partial charge in [-0.2, -0.15) is 4.98 Å². The van der Waals surface area contributed by atoms with Crippen LogP contribution < -0.4 is 10.1 Å². The molecule has 0 aliphatic carbocycles. The number of aromatic nitrogens is 2. The SMILES string of the molecule is Cc1noc(COc2ccc(NC(=O)c3cc(C)oc3C)cc2)n1. The Labute approximate surface area is 138 Å². The van der Waals surface area contributed by atoms with Gasteiger partial charge in [0.15, 0.2) is 12.4 Å². The van der Waals surface area contributed by atoms with E-state index in [1.165, 1.54) is 0 Å². The van der Waals surface area contributed by atoms with Crippen molar-refractivity contribution in [3.8, 4) is 5.75 Å². The Morgan fingerprint density at radius 3 is 2.54 bits per heavy atom. The number of nitrogens with zero attached hydrogens (tertiary/aromatic N) is 2. The molecular formula is C17H17N3O4. The van der Waals surface area contributed by atoms with E-state index in [0.717, 1.165) is 0 Å². The van der Waals surface area contributed by atoms with Crippen LogP contribution in [0.15, 0.2) is 39.3 Å². The molecule has 2 heterocycles. The number of furan rings is 1. The fourth-order valence-corrected chi connectivity index (χ4v) is 2.23. The number of hydrogen-bond donors (Lipinski definition) is 1. The highest BCUT2D eigenvalue weighted by Crippen LogP contribution is 2.19. The van der Waals surface area contributed by atoms with E-state index in [0.29, 0.717) is 40.2 Å². The van der Waals surface area contributed by atoms with Crippen molar-refractivity contribution < 1.29 is 18.5 Å². The first kappa shape index (κ1) is 15.8. The highest BCUT2D eigenvalue weighted by molar-refractivity contribution is 6.05. The predicted molar refractivity (Wildman–Crippen MR) is 85.9 cm³/mol. The zero-order chi connectivity index (χ0) is 17.1. The van der Waals surface area contributed by atoms with Crippen LogP contribution in [-0.2, 0) is 6.61 Å². The maximum Gasteiger partial charge on any atom is 0.264 e. The first-order chi connectivity index (χ1) is 11.5. The number of ether oxygens (including phenoxy) is 1. The average Bonchev–Trinajstić information content (AvgIpc) is 3.11. The molecule has 7 nitrogen and oxygen atoms in total. The number of benzene rings is 1. The Hall–Kier alpha value is -3.09. The van der Waals surface area contributed by atoms with Gasteiger partial charge in [0.05, 0.1) is 5.56 Å². The third-order valence-corrected chi connectivity index (χ3v) is 3.33. The zero-order valence-corrected chi connectivity index (χ0v) is 13.6. The molecule has 1 N–H and O–H groups in total. The summed E-state index contributed by atoms with van der Waals surface area (Å²) in [5.41, 5.74) is 1.19. The minimum absolute atomic E-state index is 0.194. The molecule has 0 atom stereocenters. The van der Waals surface area contributed by atoms with E-state index in [2.05, 4.69) is 15.5 Å². The van der Waals surface area contributed by atoms with E-state index in [-0.39, 0.29) is 12.5 Å². The molecule has 1 aromatic carbocycles. The molecule has 0 fully saturated rings. The molecule has 24 heavy (non-hydrogen) atoms. The minimum atomic E-state index is -0.209. The summed E-state index contributed by atoms with van der Waals surface area (Å²) in [7, 11) is 0. The van der Waals surface area contributed by atoms with Crippen molar-refractivity contribution >= 4 is 11.6 Å². The number of rotatable bonds is 5. The van der Waals surface area contributed by atoms with Crippen LogP contribution in [0.1, 0.15) is 33.6 Å². The van der Waals surface area contributed by atoms with Crippen molar-refractivity contribution in [1.29, 1.82) is 0 Å². The van der Waals surface area contributed by atoms with Gasteiger partial charge in [0.1, 0.15) is 17.3 Å². The van der Waals surface area contributed by atoms with E-state index in [9.17, 15) is 4.79 Å². The fourth-order valence-electron chi connectivity index (χ4n) is 2.23. The number of amides is 1. The maximum atomic E-state index is 12.2.